The van der Waals surface area contributed by atoms with E-state index >= 15 is 0 Å². The molecule has 0 bridgehead atoms. The molecule has 0 unspecified atom stereocenters. The average Bonchev–Trinajstić information content (AvgIpc) is 2.67. The van der Waals surface area contributed by atoms with E-state index in [2.05, 4.69) is 9.97 Å². The summed E-state index contributed by atoms with van der Waals surface area (Å²) in [6.45, 7) is 7.85. The summed E-state index contributed by atoms with van der Waals surface area (Å²) >= 11 is 1.05. The van der Waals surface area contributed by atoms with E-state index in [4.69, 9.17) is 11.0 Å². The van der Waals surface area contributed by atoms with Gasteiger partial charge in [-0.1, -0.05) is 32.5 Å². The van der Waals surface area contributed by atoms with Gasteiger partial charge in [-0.15, -0.1) is 0 Å². The van der Waals surface area contributed by atoms with E-state index in [1.54, 1.807) is 0 Å². The van der Waals surface area contributed by atoms with Gasteiger partial charge in [0.15, 0.2) is 11.4 Å². The number of Topliss-reactive ketones (excluding diaryl/α,β-unsaturated/α-hetero) is 1. The molecule has 0 aliphatic rings. The zero-order valence-electron chi connectivity index (χ0n) is 17.9. The first kappa shape index (κ1) is 23.3. The Bertz CT molecular complexity index is 1170. The number of hydrogen-bond donors (Lipinski definition) is 1. The molecule has 9 nitrogen and oxygen atoms in total. The van der Waals surface area contributed by atoms with Gasteiger partial charge in [-0.2, -0.15) is 5.26 Å². The number of nitrogens with zero attached hydrogens (tertiary/aromatic N) is 5. The Labute approximate surface area is 178 Å². The number of hydrogen-bond acceptors (Lipinski definition) is 8. The maximum Gasteiger partial charge on any atom is 0.332 e. The molecule has 0 fully saturated rings. The van der Waals surface area contributed by atoms with Crippen molar-refractivity contribution < 1.29 is 4.79 Å². The summed E-state index contributed by atoms with van der Waals surface area (Å²) < 4.78 is 2.50. The quantitative estimate of drug-likeness (QED) is 0.288. The van der Waals surface area contributed by atoms with Gasteiger partial charge in [0.2, 0.25) is 0 Å². The van der Waals surface area contributed by atoms with Crippen LogP contribution in [0.15, 0.2) is 25.9 Å². The monoisotopic (exact) mass is 430 g/mol. The molecule has 2 rings (SSSR count). The third-order valence-corrected chi connectivity index (χ3v) is 5.33. The van der Waals surface area contributed by atoms with Crippen LogP contribution in [-0.2, 0) is 24.8 Å². The molecule has 2 heterocycles. The summed E-state index contributed by atoms with van der Waals surface area (Å²) in [5.74, 6) is 0.197. The van der Waals surface area contributed by atoms with Crippen molar-refractivity contribution in [2.24, 2.45) is 18.7 Å². The van der Waals surface area contributed by atoms with Crippen molar-refractivity contribution in [2.75, 3.05) is 5.75 Å². The lowest BCUT2D eigenvalue weighted by atomic mass is 10.1. The van der Waals surface area contributed by atoms with Crippen LogP contribution in [0.25, 0.3) is 11.0 Å². The maximum atomic E-state index is 12.9. The van der Waals surface area contributed by atoms with Crippen LogP contribution in [0.2, 0.25) is 0 Å². The van der Waals surface area contributed by atoms with Gasteiger partial charge in [-0.3, -0.25) is 18.7 Å². The lowest BCUT2D eigenvalue weighted by Gasteiger charge is -2.14. The Morgan fingerprint density at radius 3 is 2.50 bits per heavy atom. The van der Waals surface area contributed by atoms with Crippen LogP contribution < -0.4 is 17.0 Å². The number of ketones is 1. The van der Waals surface area contributed by atoms with Crippen LogP contribution in [0.3, 0.4) is 0 Å². The molecule has 2 N–H and O–H groups in total. The topological polar surface area (TPSA) is 137 Å². The van der Waals surface area contributed by atoms with Crippen LogP contribution in [0.5, 0.6) is 0 Å². The number of thioether (sulfide) groups is 1. The van der Waals surface area contributed by atoms with E-state index in [-0.39, 0.29) is 34.0 Å². The van der Waals surface area contributed by atoms with E-state index in [0.717, 1.165) is 16.3 Å². The van der Waals surface area contributed by atoms with Crippen LogP contribution in [0.4, 0.5) is 0 Å². The Hall–Kier alpha value is -2.93. The first-order chi connectivity index (χ1) is 14.1. The molecular formula is C20H26N6O3S. The van der Waals surface area contributed by atoms with Crippen molar-refractivity contribution in [3.8, 4) is 6.07 Å². The van der Waals surface area contributed by atoms with Crippen molar-refractivity contribution >= 4 is 28.6 Å². The highest BCUT2D eigenvalue weighted by molar-refractivity contribution is 8.00. The van der Waals surface area contributed by atoms with Crippen LogP contribution in [-0.4, -0.2) is 30.6 Å². The van der Waals surface area contributed by atoms with Gasteiger partial charge in [0.05, 0.1) is 5.75 Å². The number of nitriles is 1. The average molecular weight is 431 g/mol. The molecule has 10 heteroatoms. The standard InChI is InChI=1S/C20H26N6O3S/c1-6-7-26-17-16(19(28)25(5)20(26)29)18(24-15(23-17)8-11(2)3)30-10-14(27)13(9-21)12(4)22/h11H,6-8,10,22H2,1-5H3. The lowest BCUT2D eigenvalue weighted by Crippen LogP contribution is -2.39. The maximum absolute atomic E-state index is 12.9. The second kappa shape index (κ2) is 9.71. The highest BCUT2D eigenvalue weighted by Gasteiger charge is 2.21. The number of carbonyl (C=O) groups excluding carboxylic acids is 1. The van der Waals surface area contributed by atoms with Gasteiger partial charge >= 0.3 is 5.69 Å². The fourth-order valence-corrected chi connectivity index (χ4v) is 3.85. The van der Waals surface area contributed by atoms with E-state index < -0.39 is 17.0 Å². The normalized spacial score (nSPS) is 12.2. The predicted octanol–water partition coefficient (Wildman–Crippen LogP) is 1.52. The minimum Gasteiger partial charge on any atom is -0.401 e. The predicted molar refractivity (Wildman–Crippen MR) is 116 cm³/mol. The number of aryl methyl sites for hydroxylation is 1. The molecule has 0 atom stereocenters. The van der Waals surface area contributed by atoms with Crippen molar-refractivity contribution in [1.82, 2.24) is 19.1 Å². The molecule has 0 aliphatic heterocycles. The summed E-state index contributed by atoms with van der Waals surface area (Å²) in [5.41, 5.74) is 4.96. The van der Waals surface area contributed by atoms with Crippen molar-refractivity contribution in [1.29, 1.82) is 5.26 Å². The molecule has 2 aromatic rings. The van der Waals surface area contributed by atoms with Gasteiger partial charge in [0.1, 0.15) is 27.9 Å². The van der Waals surface area contributed by atoms with Crippen LogP contribution >= 0.6 is 11.8 Å². The summed E-state index contributed by atoms with van der Waals surface area (Å²) in [4.78, 5) is 47.0. The summed E-state index contributed by atoms with van der Waals surface area (Å²) in [6.07, 6.45) is 1.24. The van der Waals surface area contributed by atoms with E-state index in [9.17, 15) is 14.4 Å². The summed E-state index contributed by atoms with van der Waals surface area (Å²) in [5, 5.41) is 9.67. The van der Waals surface area contributed by atoms with E-state index in [0.29, 0.717) is 30.2 Å². The minimum atomic E-state index is -0.514. The molecular weight excluding hydrogens is 404 g/mol. The molecule has 0 aromatic carbocycles. The third kappa shape index (κ3) is 4.79. The largest absolute Gasteiger partial charge is 0.401 e. The number of fused-ring (bicyclic) bond motifs is 1. The number of carbonyl (C=O) groups is 1. The Balaban J connectivity index is 2.71. The molecule has 0 saturated carbocycles. The molecule has 160 valence electrons. The van der Waals surface area contributed by atoms with Crippen LogP contribution in [0.1, 0.15) is 39.9 Å². The first-order valence-electron chi connectivity index (χ1n) is 9.65. The van der Waals surface area contributed by atoms with Crippen molar-refractivity contribution in [3.05, 3.63) is 37.9 Å². The molecule has 0 spiro atoms. The van der Waals surface area contributed by atoms with Crippen molar-refractivity contribution in [2.45, 2.75) is 52.1 Å². The molecule has 0 radical (unpaired) electrons. The van der Waals surface area contributed by atoms with Gasteiger partial charge in [-0.25, -0.2) is 14.8 Å². The third-order valence-electron chi connectivity index (χ3n) is 4.36. The Morgan fingerprint density at radius 1 is 1.30 bits per heavy atom. The van der Waals surface area contributed by atoms with Gasteiger partial charge in [-0.05, 0) is 19.3 Å². The zero-order valence-corrected chi connectivity index (χ0v) is 18.7. The summed E-state index contributed by atoms with van der Waals surface area (Å²) in [6, 6.07) is 1.81. The van der Waals surface area contributed by atoms with Gasteiger partial charge in [0.25, 0.3) is 5.56 Å². The van der Waals surface area contributed by atoms with E-state index in [1.165, 1.54) is 18.5 Å². The second-order valence-corrected chi connectivity index (χ2v) is 8.39. The minimum absolute atomic E-state index is 0.110. The number of aromatic nitrogens is 4. The zero-order chi connectivity index (χ0) is 22.6. The Kier molecular flexibility index (Phi) is 7.56. The smallest absolute Gasteiger partial charge is 0.332 e. The summed E-state index contributed by atoms with van der Waals surface area (Å²) in [7, 11) is 1.41. The highest BCUT2D eigenvalue weighted by Crippen LogP contribution is 2.24. The number of rotatable bonds is 8. The number of allylic oxidation sites excluding steroid dienone is 2. The van der Waals surface area contributed by atoms with E-state index in [1.807, 2.05) is 26.8 Å². The SMILES string of the molecule is CCCn1c(=O)n(C)c(=O)c2c(SCC(=O)C(C#N)=C(C)N)nc(CC(C)C)nc21. The van der Waals surface area contributed by atoms with Gasteiger partial charge < -0.3 is 5.73 Å². The molecule has 0 saturated heterocycles. The van der Waals surface area contributed by atoms with Crippen molar-refractivity contribution in [3.63, 3.8) is 0 Å². The Morgan fingerprint density at radius 2 is 1.97 bits per heavy atom. The molecule has 0 aliphatic carbocycles. The second-order valence-electron chi connectivity index (χ2n) is 7.42. The number of nitrogens with two attached hydrogens (primary N) is 1. The molecule has 30 heavy (non-hydrogen) atoms. The molecule has 0 amide bonds. The lowest BCUT2D eigenvalue weighted by molar-refractivity contribution is -0.112. The van der Waals surface area contributed by atoms with Gasteiger partial charge in [0, 0.05) is 25.7 Å². The highest BCUT2D eigenvalue weighted by atomic mass is 32.2. The molecule has 2 aromatic heterocycles. The van der Waals surface area contributed by atoms with Crippen LogP contribution in [0, 0.1) is 17.2 Å². The fourth-order valence-electron chi connectivity index (χ4n) is 2.94. The first-order valence-corrected chi connectivity index (χ1v) is 10.6. The fraction of sp³-hybridized carbons (Fsp3) is 0.500.